The van der Waals surface area contributed by atoms with Crippen LogP contribution in [0, 0.1) is 6.92 Å². The molecule has 0 saturated carbocycles. The average Bonchev–Trinajstić information content (AvgIpc) is 3.52. The molecule has 1 fully saturated rings. The number of nitrogens with one attached hydrogen (secondary N) is 3. The molecule has 39 heavy (non-hydrogen) atoms. The van der Waals surface area contributed by atoms with Crippen molar-refractivity contribution < 1.29 is 14.3 Å². The van der Waals surface area contributed by atoms with Gasteiger partial charge in [0.1, 0.15) is 11.8 Å². The summed E-state index contributed by atoms with van der Waals surface area (Å²) in [5.41, 5.74) is 12.3. The van der Waals surface area contributed by atoms with E-state index in [2.05, 4.69) is 20.3 Å². The summed E-state index contributed by atoms with van der Waals surface area (Å²) in [6.07, 6.45) is 3.47. The number of carbonyl (C=O) groups is 1. The van der Waals surface area contributed by atoms with Crippen molar-refractivity contribution in [1.29, 1.82) is 0 Å². The summed E-state index contributed by atoms with van der Waals surface area (Å²) in [7, 11) is 3.47. The van der Waals surface area contributed by atoms with Crippen LogP contribution in [0.15, 0.2) is 42.6 Å². The largest absolute Gasteiger partial charge is 0.474 e. The molecule has 200 valence electrons. The maximum Gasteiger partial charge on any atom is 0.253 e. The van der Waals surface area contributed by atoms with Crippen molar-refractivity contribution in [3.63, 3.8) is 0 Å². The van der Waals surface area contributed by atoms with Crippen LogP contribution in [-0.4, -0.2) is 69.1 Å². The van der Waals surface area contributed by atoms with Gasteiger partial charge in [0.25, 0.3) is 5.91 Å². The SMILES string of the molecule is Cc1cc(C(=O)N(C)C)ccc1Nc1nc(OC2CCOCC2)c2c(-c3ccc4nc(N)[nH]c4c3)c[nH]c2n1. The normalized spacial score (nSPS) is 14.1. The highest BCUT2D eigenvalue weighted by molar-refractivity contribution is 5.99. The van der Waals surface area contributed by atoms with E-state index in [1.807, 2.05) is 43.5 Å². The molecular formula is C28H30N8O3. The highest BCUT2D eigenvalue weighted by Crippen LogP contribution is 2.37. The first-order valence-electron chi connectivity index (χ1n) is 12.8. The first kappa shape index (κ1) is 24.7. The van der Waals surface area contributed by atoms with Gasteiger partial charge in [-0.25, -0.2) is 4.98 Å². The second-order valence-electron chi connectivity index (χ2n) is 9.92. The number of imidazole rings is 1. The van der Waals surface area contributed by atoms with Crippen molar-refractivity contribution in [3.8, 4) is 17.0 Å². The van der Waals surface area contributed by atoms with Crippen LogP contribution < -0.4 is 15.8 Å². The van der Waals surface area contributed by atoms with Crippen LogP contribution in [0.4, 0.5) is 17.6 Å². The van der Waals surface area contributed by atoms with E-state index in [1.54, 1.807) is 25.1 Å². The zero-order chi connectivity index (χ0) is 27.1. The van der Waals surface area contributed by atoms with E-state index in [9.17, 15) is 4.79 Å². The number of benzene rings is 2. The lowest BCUT2D eigenvalue weighted by atomic mass is 10.1. The summed E-state index contributed by atoms with van der Waals surface area (Å²) >= 11 is 0. The quantitative estimate of drug-likeness (QED) is 0.255. The molecule has 1 aliphatic rings. The number of ether oxygens (including phenoxy) is 2. The lowest BCUT2D eigenvalue weighted by molar-refractivity contribution is 0.0244. The minimum Gasteiger partial charge on any atom is -0.474 e. The highest BCUT2D eigenvalue weighted by Gasteiger charge is 2.22. The number of hydrogen-bond acceptors (Lipinski definition) is 8. The fourth-order valence-electron chi connectivity index (χ4n) is 4.83. The van der Waals surface area contributed by atoms with Gasteiger partial charge in [-0.15, -0.1) is 0 Å². The van der Waals surface area contributed by atoms with Crippen molar-refractivity contribution in [2.75, 3.05) is 38.4 Å². The molecule has 0 unspecified atom stereocenters. The van der Waals surface area contributed by atoms with E-state index < -0.39 is 0 Å². The van der Waals surface area contributed by atoms with Gasteiger partial charge >= 0.3 is 0 Å². The molecule has 3 aromatic heterocycles. The molecule has 5 N–H and O–H groups in total. The Kier molecular flexibility index (Phi) is 6.27. The third-order valence-corrected chi connectivity index (χ3v) is 6.88. The minimum atomic E-state index is -0.0515. The highest BCUT2D eigenvalue weighted by atomic mass is 16.5. The Morgan fingerprint density at radius 2 is 1.95 bits per heavy atom. The molecule has 1 aliphatic heterocycles. The molecular weight excluding hydrogens is 496 g/mol. The topological polar surface area (TPSA) is 147 Å². The van der Waals surface area contributed by atoms with Gasteiger partial charge in [-0.1, -0.05) is 6.07 Å². The molecule has 6 rings (SSSR count). The number of carbonyl (C=O) groups excluding carboxylic acids is 1. The average molecular weight is 527 g/mol. The summed E-state index contributed by atoms with van der Waals surface area (Å²) in [6.45, 7) is 3.25. The zero-order valence-electron chi connectivity index (χ0n) is 22.0. The van der Waals surface area contributed by atoms with Crippen molar-refractivity contribution in [2.24, 2.45) is 0 Å². The van der Waals surface area contributed by atoms with E-state index in [0.717, 1.165) is 51.6 Å². The number of nitrogen functional groups attached to an aromatic ring is 1. The molecule has 1 amide bonds. The number of nitrogens with zero attached hydrogens (tertiary/aromatic N) is 4. The van der Waals surface area contributed by atoms with E-state index in [1.165, 1.54) is 0 Å². The molecule has 2 aromatic carbocycles. The summed E-state index contributed by atoms with van der Waals surface area (Å²) in [4.78, 5) is 34.2. The molecule has 1 saturated heterocycles. The summed E-state index contributed by atoms with van der Waals surface area (Å²) in [6, 6.07) is 11.4. The Morgan fingerprint density at radius 1 is 1.13 bits per heavy atom. The van der Waals surface area contributed by atoms with Gasteiger partial charge in [-0.2, -0.15) is 9.97 Å². The summed E-state index contributed by atoms with van der Waals surface area (Å²) in [5.74, 6) is 1.21. The van der Waals surface area contributed by atoms with Gasteiger partial charge in [0.15, 0.2) is 5.95 Å². The Labute approximate surface area is 224 Å². The third kappa shape index (κ3) is 4.84. The molecule has 4 heterocycles. The smallest absolute Gasteiger partial charge is 0.253 e. The molecule has 0 radical (unpaired) electrons. The number of rotatable bonds is 6. The van der Waals surface area contributed by atoms with Gasteiger partial charge in [0, 0.05) is 49.9 Å². The molecule has 11 heteroatoms. The van der Waals surface area contributed by atoms with Crippen molar-refractivity contribution >= 4 is 45.6 Å². The molecule has 5 aromatic rings. The molecule has 0 atom stereocenters. The van der Waals surface area contributed by atoms with Gasteiger partial charge in [-0.05, 0) is 48.4 Å². The number of aromatic nitrogens is 5. The number of fused-ring (bicyclic) bond motifs is 2. The van der Waals surface area contributed by atoms with Crippen LogP contribution >= 0.6 is 0 Å². The van der Waals surface area contributed by atoms with Gasteiger partial charge in [-0.3, -0.25) is 4.79 Å². The number of anilines is 3. The summed E-state index contributed by atoms with van der Waals surface area (Å²) < 4.78 is 12.0. The second kappa shape index (κ2) is 9.91. The second-order valence-corrected chi connectivity index (χ2v) is 9.92. The van der Waals surface area contributed by atoms with Crippen LogP contribution in [0.5, 0.6) is 5.88 Å². The van der Waals surface area contributed by atoms with Crippen molar-refractivity contribution in [3.05, 3.63) is 53.7 Å². The first-order chi connectivity index (χ1) is 18.9. The fourth-order valence-corrected chi connectivity index (χ4v) is 4.83. The molecule has 0 aliphatic carbocycles. The van der Waals surface area contributed by atoms with Crippen molar-refractivity contribution in [1.82, 2.24) is 29.8 Å². The van der Waals surface area contributed by atoms with Gasteiger partial charge in [0.2, 0.25) is 11.8 Å². The van der Waals surface area contributed by atoms with Crippen LogP contribution in [-0.2, 0) is 4.74 Å². The Hall–Kier alpha value is -4.64. The maximum atomic E-state index is 12.4. The Morgan fingerprint density at radius 3 is 2.72 bits per heavy atom. The number of H-pyrrole nitrogens is 2. The summed E-state index contributed by atoms with van der Waals surface area (Å²) in [5, 5.41) is 4.11. The van der Waals surface area contributed by atoms with Crippen LogP contribution in [0.1, 0.15) is 28.8 Å². The monoisotopic (exact) mass is 526 g/mol. The number of nitrogens with two attached hydrogens (primary N) is 1. The van der Waals surface area contributed by atoms with Crippen LogP contribution in [0.3, 0.4) is 0 Å². The number of aryl methyl sites for hydroxylation is 1. The zero-order valence-corrected chi connectivity index (χ0v) is 22.0. The fraction of sp³-hybridized carbons (Fsp3) is 0.286. The molecule has 11 nitrogen and oxygen atoms in total. The van der Waals surface area contributed by atoms with E-state index >= 15 is 0 Å². The van der Waals surface area contributed by atoms with E-state index in [4.69, 9.17) is 25.2 Å². The first-order valence-corrected chi connectivity index (χ1v) is 12.8. The van der Waals surface area contributed by atoms with E-state index in [0.29, 0.717) is 42.2 Å². The lowest BCUT2D eigenvalue weighted by Crippen LogP contribution is -2.26. The van der Waals surface area contributed by atoms with Gasteiger partial charge in [0.05, 0.1) is 29.6 Å². The number of amides is 1. The lowest BCUT2D eigenvalue weighted by Gasteiger charge is -2.23. The van der Waals surface area contributed by atoms with Gasteiger partial charge < -0.3 is 35.4 Å². The number of aromatic amines is 2. The maximum absolute atomic E-state index is 12.4. The van der Waals surface area contributed by atoms with Crippen LogP contribution in [0.25, 0.3) is 33.2 Å². The van der Waals surface area contributed by atoms with E-state index in [-0.39, 0.29) is 12.0 Å². The molecule has 0 spiro atoms. The van der Waals surface area contributed by atoms with Crippen LogP contribution in [0.2, 0.25) is 0 Å². The predicted molar refractivity (Wildman–Crippen MR) is 150 cm³/mol. The molecule has 0 bridgehead atoms. The Bertz CT molecular complexity index is 1680. The predicted octanol–water partition coefficient (Wildman–Crippen LogP) is 4.40. The Balaban J connectivity index is 1.40. The number of hydrogen-bond donors (Lipinski definition) is 4. The minimum absolute atomic E-state index is 0.0135. The third-order valence-electron chi connectivity index (χ3n) is 6.88. The van der Waals surface area contributed by atoms with Crippen molar-refractivity contribution in [2.45, 2.75) is 25.9 Å². The standard InChI is InChI=1S/C28H30N8O3/c1-15-12-17(26(37)36(2)3)5-6-20(15)33-28-34-24-23(25(35-28)39-18-8-10-38-11-9-18)19(14-30-24)16-4-7-21-22(13-16)32-27(29)31-21/h4-7,12-14,18H,8-11H2,1-3H3,(H3,29,31,32)(H2,30,33,34,35).